The first-order valence-corrected chi connectivity index (χ1v) is 10.1. The van der Waals surface area contributed by atoms with Crippen molar-refractivity contribution in [2.75, 3.05) is 19.6 Å². The van der Waals surface area contributed by atoms with Crippen LogP contribution in [0, 0.1) is 11.7 Å². The second kappa shape index (κ2) is 9.51. The van der Waals surface area contributed by atoms with Crippen molar-refractivity contribution in [2.45, 2.75) is 51.1 Å². The van der Waals surface area contributed by atoms with Gasteiger partial charge in [0.15, 0.2) is 0 Å². The van der Waals surface area contributed by atoms with Gasteiger partial charge in [-0.25, -0.2) is 4.39 Å². The minimum Gasteiger partial charge on any atom is -0.356 e. The molecule has 7 heteroatoms. The summed E-state index contributed by atoms with van der Waals surface area (Å²) in [6, 6.07) is 3.72. The van der Waals surface area contributed by atoms with Crippen LogP contribution in [0.25, 0.3) is 0 Å². The molecule has 27 heavy (non-hydrogen) atoms. The molecule has 2 fully saturated rings. The lowest BCUT2D eigenvalue weighted by Crippen LogP contribution is -2.56. The predicted molar refractivity (Wildman–Crippen MR) is 103 cm³/mol. The van der Waals surface area contributed by atoms with E-state index in [1.165, 1.54) is 44.2 Å². The highest BCUT2D eigenvalue weighted by Gasteiger charge is 2.32. The number of nitrogens with one attached hydrogen (secondary N) is 2. The highest BCUT2D eigenvalue weighted by atomic mass is 35.5. The summed E-state index contributed by atoms with van der Waals surface area (Å²) in [6.07, 6.45) is 6.21. The third kappa shape index (κ3) is 5.66. The van der Waals surface area contributed by atoms with Crippen LogP contribution in [-0.4, -0.2) is 42.4 Å². The Bertz CT molecular complexity index is 679. The molecule has 1 aromatic carbocycles. The van der Waals surface area contributed by atoms with E-state index in [-0.39, 0.29) is 18.2 Å². The molecule has 2 aliphatic rings. The van der Waals surface area contributed by atoms with Gasteiger partial charge in [-0.2, -0.15) is 0 Å². The molecular formula is C20H27ClFN3O2. The van der Waals surface area contributed by atoms with Gasteiger partial charge in [-0.1, -0.05) is 36.9 Å². The van der Waals surface area contributed by atoms with Crippen LogP contribution < -0.4 is 10.6 Å². The number of amides is 2. The van der Waals surface area contributed by atoms with E-state index in [4.69, 9.17) is 11.6 Å². The standard InChI is InChI=1S/C20H27ClFN3O2/c21-17-10-16(22)7-6-15(17)13-25-9-8-23-20(27)18(25)11-19(26)24-12-14-4-2-1-3-5-14/h6-7,10,14,18H,1-5,8-9,11-13H2,(H,23,27)(H,24,26). The number of nitrogens with zero attached hydrogens (tertiary/aromatic N) is 1. The maximum Gasteiger partial charge on any atom is 0.237 e. The average molecular weight is 396 g/mol. The van der Waals surface area contributed by atoms with Gasteiger partial charge >= 0.3 is 0 Å². The maximum absolute atomic E-state index is 13.3. The number of piperazine rings is 1. The molecule has 1 saturated heterocycles. The van der Waals surface area contributed by atoms with Gasteiger partial charge in [0.25, 0.3) is 0 Å². The van der Waals surface area contributed by atoms with Crippen LogP contribution in [0.15, 0.2) is 18.2 Å². The van der Waals surface area contributed by atoms with E-state index < -0.39 is 11.9 Å². The first-order valence-electron chi connectivity index (χ1n) is 9.75. The van der Waals surface area contributed by atoms with Crippen molar-refractivity contribution in [1.82, 2.24) is 15.5 Å². The maximum atomic E-state index is 13.3. The summed E-state index contributed by atoms with van der Waals surface area (Å²) >= 11 is 6.13. The van der Waals surface area contributed by atoms with Gasteiger partial charge in [0.2, 0.25) is 11.8 Å². The molecule has 1 aliphatic heterocycles. The van der Waals surface area contributed by atoms with Crippen molar-refractivity contribution in [3.8, 4) is 0 Å². The molecule has 2 N–H and O–H groups in total. The van der Waals surface area contributed by atoms with Crippen LogP contribution in [0.5, 0.6) is 0 Å². The Hall–Kier alpha value is -1.66. The lowest BCUT2D eigenvalue weighted by Gasteiger charge is -2.35. The van der Waals surface area contributed by atoms with Gasteiger partial charge in [0.05, 0.1) is 12.5 Å². The van der Waals surface area contributed by atoms with Gasteiger partial charge < -0.3 is 10.6 Å². The Balaban J connectivity index is 1.58. The summed E-state index contributed by atoms with van der Waals surface area (Å²) in [5.41, 5.74) is 0.750. The Morgan fingerprint density at radius 1 is 1.30 bits per heavy atom. The first-order chi connectivity index (χ1) is 13.0. The monoisotopic (exact) mass is 395 g/mol. The van der Waals surface area contributed by atoms with E-state index >= 15 is 0 Å². The molecule has 0 bridgehead atoms. The minimum atomic E-state index is -0.536. The van der Waals surface area contributed by atoms with E-state index in [0.717, 1.165) is 5.56 Å². The molecule has 0 spiro atoms. The molecule has 1 saturated carbocycles. The van der Waals surface area contributed by atoms with Crippen molar-refractivity contribution < 1.29 is 14.0 Å². The summed E-state index contributed by atoms with van der Waals surface area (Å²) in [5.74, 6) is -0.0825. The lowest BCUT2D eigenvalue weighted by atomic mass is 9.89. The first kappa shape index (κ1) is 20.1. The zero-order valence-electron chi connectivity index (χ0n) is 15.5. The lowest BCUT2D eigenvalue weighted by molar-refractivity contribution is -0.134. The Morgan fingerprint density at radius 2 is 2.07 bits per heavy atom. The van der Waals surface area contributed by atoms with Gasteiger partial charge in [-0.15, -0.1) is 0 Å². The van der Waals surface area contributed by atoms with Crippen LogP contribution in [0.1, 0.15) is 44.1 Å². The number of hydrogen-bond acceptors (Lipinski definition) is 3. The molecule has 2 amide bonds. The second-order valence-corrected chi connectivity index (χ2v) is 7.93. The van der Waals surface area contributed by atoms with E-state index in [0.29, 0.717) is 37.1 Å². The molecule has 0 radical (unpaired) electrons. The van der Waals surface area contributed by atoms with Gasteiger partial charge in [0.1, 0.15) is 5.82 Å². The van der Waals surface area contributed by atoms with Crippen LogP contribution in [-0.2, 0) is 16.1 Å². The Labute approximate surface area is 164 Å². The number of carbonyl (C=O) groups is 2. The summed E-state index contributed by atoms with van der Waals surface area (Å²) < 4.78 is 13.3. The summed E-state index contributed by atoms with van der Waals surface area (Å²) in [6.45, 7) is 2.25. The van der Waals surface area contributed by atoms with E-state index in [2.05, 4.69) is 10.6 Å². The molecule has 1 unspecified atom stereocenters. The topological polar surface area (TPSA) is 61.4 Å². The van der Waals surface area contributed by atoms with Crippen molar-refractivity contribution in [3.63, 3.8) is 0 Å². The van der Waals surface area contributed by atoms with Gasteiger partial charge in [0, 0.05) is 31.2 Å². The van der Waals surface area contributed by atoms with E-state index in [1.807, 2.05) is 4.90 Å². The molecule has 148 valence electrons. The fraction of sp³-hybridized carbons (Fsp3) is 0.600. The van der Waals surface area contributed by atoms with Crippen molar-refractivity contribution in [2.24, 2.45) is 5.92 Å². The number of halogens is 2. The summed E-state index contributed by atoms with van der Waals surface area (Å²) in [7, 11) is 0. The molecule has 3 rings (SSSR count). The van der Waals surface area contributed by atoms with E-state index in [1.54, 1.807) is 6.07 Å². The number of rotatable bonds is 6. The molecule has 0 aromatic heterocycles. The molecule has 1 heterocycles. The van der Waals surface area contributed by atoms with Gasteiger partial charge in [-0.05, 0) is 36.5 Å². The summed E-state index contributed by atoms with van der Waals surface area (Å²) in [4.78, 5) is 26.7. The third-order valence-corrected chi connectivity index (χ3v) is 5.87. The Morgan fingerprint density at radius 3 is 2.81 bits per heavy atom. The third-order valence-electron chi connectivity index (χ3n) is 5.52. The van der Waals surface area contributed by atoms with Crippen molar-refractivity contribution >= 4 is 23.4 Å². The smallest absolute Gasteiger partial charge is 0.237 e. The molecule has 1 aromatic rings. The number of hydrogen-bond donors (Lipinski definition) is 2. The van der Waals surface area contributed by atoms with Crippen molar-refractivity contribution in [3.05, 3.63) is 34.6 Å². The fourth-order valence-corrected chi connectivity index (χ4v) is 4.17. The largest absolute Gasteiger partial charge is 0.356 e. The average Bonchev–Trinajstić information content (AvgIpc) is 2.66. The quantitative estimate of drug-likeness (QED) is 0.778. The highest BCUT2D eigenvalue weighted by molar-refractivity contribution is 6.31. The normalized spacial score (nSPS) is 21.7. The SMILES string of the molecule is O=C(CC1C(=O)NCCN1Cc1ccc(F)cc1Cl)NCC1CCCCC1. The predicted octanol–water partition coefficient (Wildman–Crippen LogP) is 2.87. The van der Waals surface area contributed by atoms with Crippen LogP contribution >= 0.6 is 11.6 Å². The van der Waals surface area contributed by atoms with Gasteiger partial charge in [-0.3, -0.25) is 14.5 Å². The van der Waals surface area contributed by atoms with E-state index in [9.17, 15) is 14.0 Å². The Kier molecular flexibility index (Phi) is 7.07. The fourth-order valence-electron chi connectivity index (χ4n) is 3.94. The second-order valence-electron chi connectivity index (χ2n) is 7.53. The molecule has 1 aliphatic carbocycles. The van der Waals surface area contributed by atoms with Crippen LogP contribution in [0.4, 0.5) is 4.39 Å². The number of carbonyl (C=O) groups excluding carboxylic acids is 2. The molecule has 5 nitrogen and oxygen atoms in total. The van der Waals surface area contributed by atoms with Crippen molar-refractivity contribution in [1.29, 1.82) is 0 Å². The molecule has 1 atom stereocenters. The zero-order valence-corrected chi connectivity index (χ0v) is 16.2. The highest BCUT2D eigenvalue weighted by Crippen LogP contribution is 2.23. The molecular weight excluding hydrogens is 369 g/mol. The summed E-state index contributed by atoms with van der Waals surface area (Å²) in [5, 5.41) is 6.17. The van der Waals surface area contributed by atoms with Crippen LogP contribution in [0.2, 0.25) is 5.02 Å². The number of benzene rings is 1. The van der Waals surface area contributed by atoms with Crippen LogP contribution in [0.3, 0.4) is 0 Å². The minimum absolute atomic E-state index is 0.0992. The zero-order chi connectivity index (χ0) is 19.2.